The molecule has 2 aliphatic rings. The summed E-state index contributed by atoms with van der Waals surface area (Å²) >= 11 is 0. The van der Waals surface area contributed by atoms with Crippen LogP contribution in [0.25, 0.3) is 0 Å². The van der Waals surface area contributed by atoms with Crippen LogP contribution in [0, 0.1) is 6.92 Å². The highest BCUT2D eigenvalue weighted by molar-refractivity contribution is 5.76. The number of anilines is 2. The maximum absolute atomic E-state index is 12.4. The molecule has 0 radical (unpaired) electrons. The molecule has 4 rings (SSSR count). The summed E-state index contributed by atoms with van der Waals surface area (Å²) in [7, 11) is 0. The van der Waals surface area contributed by atoms with Gasteiger partial charge in [-0.3, -0.25) is 9.48 Å². The molecule has 2 aromatic rings. The Morgan fingerprint density at radius 1 is 1.00 bits per heavy atom. The zero-order valence-electron chi connectivity index (χ0n) is 15.9. The van der Waals surface area contributed by atoms with Gasteiger partial charge in [0.15, 0.2) is 0 Å². The highest BCUT2D eigenvalue weighted by atomic mass is 16.2. The van der Waals surface area contributed by atoms with Crippen LogP contribution in [0.4, 0.5) is 11.8 Å². The standard InChI is InChI=1S/C19H27N7O/c1-16-14-17(23-7-3-2-4-8-23)22-19(21-16)25-12-10-24(11-13-25)18(27)15-26-9-5-6-20-26/h5-6,9,14H,2-4,7-8,10-13,15H2,1H3. The third kappa shape index (κ3) is 4.20. The minimum absolute atomic E-state index is 0.109. The summed E-state index contributed by atoms with van der Waals surface area (Å²) in [6, 6.07) is 3.92. The zero-order chi connectivity index (χ0) is 18.6. The summed E-state index contributed by atoms with van der Waals surface area (Å²) in [4.78, 5) is 28.4. The Morgan fingerprint density at radius 3 is 2.48 bits per heavy atom. The Labute approximate surface area is 159 Å². The fourth-order valence-corrected chi connectivity index (χ4v) is 3.75. The van der Waals surface area contributed by atoms with Crippen molar-refractivity contribution in [2.45, 2.75) is 32.7 Å². The fourth-order valence-electron chi connectivity index (χ4n) is 3.75. The van der Waals surface area contributed by atoms with Crippen molar-refractivity contribution >= 4 is 17.7 Å². The first-order valence-corrected chi connectivity index (χ1v) is 9.80. The van der Waals surface area contributed by atoms with Crippen LogP contribution in [0.5, 0.6) is 0 Å². The number of hydrogen-bond acceptors (Lipinski definition) is 6. The van der Waals surface area contributed by atoms with Crippen molar-refractivity contribution in [1.29, 1.82) is 0 Å². The van der Waals surface area contributed by atoms with Gasteiger partial charge in [0.05, 0.1) is 0 Å². The van der Waals surface area contributed by atoms with Crippen molar-refractivity contribution in [3.05, 3.63) is 30.2 Å². The molecule has 2 aliphatic heterocycles. The number of piperidine rings is 1. The van der Waals surface area contributed by atoms with Gasteiger partial charge in [0.25, 0.3) is 0 Å². The van der Waals surface area contributed by atoms with Crippen LogP contribution in [0.3, 0.4) is 0 Å². The number of aromatic nitrogens is 4. The predicted octanol–water partition coefficient (Wildman–Crippen LogP) is 1.32. The molecule has 0 N–H and O–H groups in total. The van der Waals surface area contributed by atoms with Crippen LogP contribution in [0.2, 0.25) is 0 Å². The van der Waals surface area contributed by atoms with E-state index in [4.69, 9.17) is 4.98 Å². The van der Waals surface area contributed by atoms with Gasteiger partial charge in [0, 0.05) is 63.4 Å². The normalized spacial score (nSPS) is 18.0. The molecule has 0 spiro atoms. The van der Waals surface area contributed by atoms with E-state index in [1.165, 1.54) is 19.3 Å². The van der Waals surface area contributed by atoms with E-state index >= 15 is 0 Å². The number of hydrogen-bond donors (Lipinski definition) is 0. The largest absolute Gasteiger partial charge is 0.356 e. The molecule has 8 nitrogen and oxygen atoms in total. The number of carbonyl (C=O) groups excluding carboxylic acids is 1. The smallest absolute Gasteiger partial charge is 0.244 e. The van der Waals surface area contributed by atoms with Crippen LogP contribution < -0.4 is 9.80 Å². The van der Waals surface area contributed by atoms with Crippen LogP contribution in [0.1, 0.15) is 25.0 Å². The van der Waals surface area contributed by atoms with Gasteiger partial charge in [-0.1, -0.05) is 0 Å². The van der Waals surface area contributed by atoms with E-state index < -0.39 is 0 Å². The first-order valence-electron chi connectivity index (χ1n) is 9.80. The molecule has 2 fully saturated rings. The van der Waals surface area contributed by atoms with Crippen molar-refractivity contribution in [1.82, 2.24) is 24.6 Å². The minimum Gasteiger partial charge on any atom is -0.356 e. The maximum Gasteiger partial charge on any atom is 0.244 e. The molecule has 0 atom stereocenters. The Morgan fingerprint density at radius 2 is 1.78 bits per heavy atom. The van der Waals surface area contributed by atoms with Crippen molar-refractivity contribution in [3.63, 3.8) is 0 Å². The van der Waals surface area contributed by atoms with Crippen LogP contribution in [-0.2, 0) is 11.3 Å². The van der Waals surface area contributed by atoms with E-state index in [0.717, 1.165) is 43.6 Å². The third-order valence-corrected chi connectivity index (χ3v) is 5.28. The highest BCUT2D eigenvalue weighted by Gasteiger charge is 2.24. The summed E-state index contributed by atoms with van der Waals surface area (Å²) in [5.74, 6) is 1.93. The lowest BCUT2D eigenvalue weighted by molar-refractivity contribution is -0.132. The molecular weight excluding hydrogens is 342 g/mol. The van der Waals surface area contributed by atoms with Gasteiger partial charge in [0.1, 0.15) is 12.4 Å². The van der Waals surface area contributed by atoms with Crippen LogP contribution in [0.15, 0.2) is 24.5 Å². The molecule has 4 heterocycles. The van der Waals surface area contributed by atoms with E-state index in [9.17, 15) is 4.79 Å². The number of nitrogens with zero attached hydrogens (tertiary/aromatic N) is 7. The summed E-state index contributed by atoms with van der Waals surface area (Å²) < 4.78 is 1.67. The minimum atomic E-state index is 0.109. The van der Waals surface area contributed by atoms with E-state index in [-0.39, 0.29) is 5.91 Å². The molecule has 0 unspecified atom stereocenters. The number of amides is 1. The number of carbonyl (C=O) groups is 1. The van der Waals surface area contributed by atoms with E-state index in [1.54, 1.807) is 10.9 Å². The molecule has 8 heteroatoms. The topological polar surface area (TPSA) is 70.4 Å². The maximum atomic E-state index is 12.4. The summed E-state index contributed by atoms with van der Waals surface area (Å²) in [5, 5.41) is 4.11. The quantitative estimate of drug-likeness (QED) is 0.810. The zero-order valence-corrected chi connectivity index (χ0v) is 15.9. The molecule has 27 heavy (non-hydrogen) atoms. The number of rotatable bonds is 4. The Hall–Kier alpha value is -2.64. The third-order valence-electron chi connectivity index (χ3n) is 5.28. The van der Waals surface area contributed by atoms with E-state index in [0.29, 0.717) is 19.6 Å². The van der Waals surface area contributed by atoms with Crippen LogP contribution in [-0.4, -0.2) is 69.8 Å². The Bertz CT molecular complexity index is 762. The molecule has 144 valence electrons. The first kappa shape index (κ1) is 17.8. The predicted molar refractivity (Wildman–Crippen MR) is 104 cm³/mol. The second-order valence-corrected chi connectivity index (χ2v) is 7.29. The van der Waals surface area contributed by atoms with E-state index in [1.807, 2.05) is 24.1 Å². The lowest BCUT2D eigenvalue weighted by atomic mass is 10.1. The second-order valence-electron chi connectivity index (χ2n) is 7.29. The number of piperazine rings is 1. The van der Waals surface area contributed by atoms with Gasteiger partial charge < -0.3 is 14.7 Å². The van der Waals surface area contributed by atoms with Gasteiger partial charge in [-0.15, -0.1) is 0 Å². The molecule has 1 amide bonds. The fraction of sp³-hybridized carbons (Fsp3) is 0.579. The molecule has 0 saturated carbocycles. The van der Waals surface area contributed by atoms with E-state index in [2.05, 4.69) is 25.9 Å². The van der Waals surface area contributed by atoms with Crippen molar-refractivity contribution < 1.29 is 4.79 Å². The lowest BCUT2D eigenvalue weighted by Gasteiger charge is -2.35. The SMILES string of the molecule is Cc1cc(N2CCCCC2)nc(N2CCN(C(=O)Cn3cccn3)CC2)n1. The highest BCUT2D eigenvalue weighted by Crippen LogP contribution is 2.22. The van der Waals surface area contributed by atoms with Gasteiger partial charge in [0.2, 0.25) is 11.9 Å². The monoisotopic (exact) mass is 369 g/mol. The van der Waals surface area contributed by atoms with Gasteiger partial charge in [-0.05, 0) is 32.3 Å². The summed E-state index contributed by atoms with van der Waals surface area (Å²) in [6.07, 6.45) is 7.28. The van der Waals surface area contributed by atoms with Gasteiger partial charge >= 0.3 is 0 Å². The molecule has 2 aromatic heterocycles. The summed E-state index contributed by atoms with van der Waals surface area (Å²) in [5.41, 5.74) is 0.998. The molecule has 0 aromatic carbocycles. The lowest BCUT2D eigenvalue weighted by Crippen LogP contribution is -2.50. The Kier molecular flexibility index (Phi) is 5.22. The van der Waals surface area contributed by atoms with Crippen molar-refractivity contribution in [2.24, 2.45) is 0 Å². The molecular formula is C19H27N7O. The van der Waals surface area contributed by atoms with Gasteiger partial charge in [-0.2, -0.15) is 10.1 Å². The molecule has 0 aliphatic carbocycles. The number of aryl methyl sites for hydroxylation is 1. The average molecular weight is 369 g/mol. The molecule has 2 saturated heterocycles. The Balaban J connectivity index is 1.39. The van der Waals surface area contributed by atoms with Crippen molar-refractivity contribution in [3.8, 4) is 0 Å². The summed E-state index contributed by atoms with van der Waals surface area (Å²) in [6.45, 7) is 7.38. The first-order chi connectivity index (χ1) is 13.2. The van der Waals surface area contributed by atoms with Crippen molar-refractivity contribution in [2.75, 3.05) is 49.1 Å². The molecule has 0 bridgehead atoms. The van der Waals surface area contributed by atoms with Gasteiger partial charge in [-0.25, -0.2) is 4.98 Å². The van der Waals surface area contributed by atoms with Crippen LogP contribution >= 0.6 is 0 Å². The second kappa shape index (κ2) is 7.94. The average Bonchev–Trinajstić information content (AvgIpc) is 3.21.